The number of aromatic nitrogens is 1. The summed E-state index contributed by atoms with van der Waals surface area (Å²) in [6.45, 7) is 1.83. The SMILES string of the molecule is CN1CC[C@H]1COc1cnc(Cl)c(N)c1. The summed E-state index contributed by atoms with van der Waals surface area (Å²) in [5.74, 6) is 0.678. The number of ether oxygens (including phenoxy) is 1. The van der Waals surface area contributed by atoms with Crippen LogP contribution < -0.4 is 10.5 Å². The smallest absolute Gasteiger partial charge is 0.152 e. The van der Waals surface area contributed by atoms with Gasteiger partial charge in [-0.2, -0.15) is 0 Å². The molecular formula is C10H14ClN3O. The Morgan fingerprint density at radius 1 is 1.73 bits per heavy atom. The first-order valence-electron chi connectivity index (χ1n) is 4.91. The average molecular weight is 228 g/mol. The Hall–Kier alpha value is -1.00. The minimum atomic E-state index is 0.322. The number of pyridine rings is 1. The summed E-state index contributed by atoms with van der Waals surface area (Å²) in [4.78, 5) is 6.18. The second-order valence-corrected chi connectivity index (χ2v) is 4.14. The van der Waals surface area contributed by atoms with Gasteiger partial charge in [-0.1, -0.05) is 11.6 Å². The lowest BCUT2D eigenvalue weighted by molar-refractivity contribution is 0.0768. The Morgan fingerprint density at radius 2 is 2.53 bits per heavy atom. The molecule has 1 aromatic heterocycles. The van der Waals surface area contributed by atoms with E-state index in [4.69, 9.17) is 22.1 Å². The first-order valence-corrected chi connectivity index (χ1v) is 5.28. The Balaban J connectivity index is 1.90. The topological polar surface area (TPSA) is 51.4 Å². The number of hydrogen-bond acceptors (Lipinski definition) is 4. The average Bonchev–Trinajstić information content (AvgIpc) is 2.21. The molecule has 2 heterocycles. The van der Waals surface area contributed by atoms with Gasteiger partial charge in [0.15, 0.2) is 5.15 Å². The van der Waals surface area contributed by atoms with Gasteiger partial charge < -0.3 is 10.5 Å². The lowest BCUT2D eigenvalue weighted by atomic mass is 10.1. The fraction of sp³-hybridized carbons (Fsp3) is 0.500. The molecule has 1 aliphatic rings. The molecule has 0 radical (unpaired) electrons. The first-order chi connectivity index (χ1) is 7.16. The van der Waals surface area contributed by atoms with E-state index in [-0.39, 0.29) is 0 Å². The summed E-state index contributed by atoms with van der Waals surface area (Å²) in [6.07, 6.45) is 2.78. The van der Waals surface area contributed by atoms with E-state index in [0.717, 1.165) is 6.54 Å². The summed E-state index contributed by atoms with van der Waals surface area (Å²) in [6, 6.07) is 2.22. The highest BCUT2D eigenvalue weighted by Crippen LogP contribution is 2.22. The lowest BCUT2D eigenvalue weighted by Crippen LogP contribution is -2.48. The third kappa shape index (κ3) is 2.33. The quantitative estimate of drug-likeness (QED) is 0.794. The number of nitrogens with zero attached hydrogens (tertiary/aromatic N) is 2. The van der Waals surface area contributed by atoms with E-state index in [2.05, 4.69) is 16.9 Å². The lowest BCUT2D eigenvalue weighted by Gasteiger charge is -2.37. The van der Waals surface area contributed by atoms with Gasteiger partial charge in [-0.15, -0.1) is 0 Å². The summed E-state index contributed by atoms with van der Waals surface area (Å²) in [5.41, 5.74) is 6.07. The number of halogens is 1. The molecular weight excluding hydrogens is 214 g/mol. The van der Waals surface area contributed by atoms with Crippen LogP contribution in [0.4, 0.5) is 5.69 Å². The summed E-state index contributed by atoms with van der Waals surface area (Å²) >= 11 is 5.71. The van der Waals surface area contributed by atoms with E-state index in [1.54, 1.807) is 12.3 Å². The molecule has 0 unspecified atom stereocenters. The van der Waals surface area contributed by atoms with Gasteiger partial charge in [0.05, 0.1) is 11.9 Å². The third-order valence-corrected chi connectivity index (χ3v) is 3.04. The van der Waals surface area contributed by atoms with Gasteiger partial charge in [-0.05, 0) is 20.0 Å². The maximum atomic E-state index is 5.71. The zero-order valence-electron chi connectivity index (χ0n) is 8.61. The fourth-order valence-electron chi connectivity index (χ4n) is 1.50. The van der Waals surface area contributed by atoms with Crippen LogP contribution in [0.15, 0.2) is 12.3 Å². The van der Waals surface area contributed by atoms with Crippen molar-refractivity contribution < 1.29 is 4.74 Å². The molecule has 0 aliphatic carbocycles. The Kier molecular flexibility index (Phi) is 2.98. The largest absolute Gasteiger partial charge is 0.490 e. The monoisotopic (exact) mass is 227 g/mol. The normalized spacial score (nSPS) is 21.1. The minimum absolute atomic E-state index is 0.322. The molecule has 0 bridgehead atoms. The van der Waals surface area contributed by atoms with E-state index in [0.29, 0.717) is 29.2 Å². The van der Waals surface area contributed by atoms with Gasteiger partial charge in [-0.3, -0.25) is 4.90 Å². The highest BCUT2D eigenvalue weighted by atomic mass is 35.5. The molecule has 4 nitrogen and oxygen atoms in total. The van der Waals surface area contributed by atoms with Crippen molar-refractivity contribution in [3.63, 3.8) is 0 Å². The molecule has 15 heavy (non-hydrogen) atoms. The predicted molar refractivity (Wildman–Crippen MR) is 60.2 cm³/mol. The van der Waals surface area contributed by atoms with Crippen molar-refractivity contribution in [3.05, 3.63) is 17.4 Å². The molecule has 2 N–H and O–H groups in total. The zero-order valence-corrected chi connectivity index (χ0v) is 9.37. The second kappa shape index (κ2) is 4.24. The van der Waals surface area contributed by atoms with Crippen molar-refractivity contribution in [3.8, 4) is 5.75 Å². The molecule has 1 aliphatic heterocycles. The maximum Gasteiger partial charge on any atom is 0.152 e. The van der Waals surface area contributed by atoms with E-state index < -0.39 is 0 Å². The maximum absolute atomic E-state index is 5.71. The number of rotatable bonds is 3. The van der Waals surface area contributed by atoms with Crippen LogP contribution in [0.1, 0.15) is 6.42 Å². The minimum Gasteiger partial charge on any atom is -0.490 e. The van der Waals surface area contributed by atoms with Crippen LogP contribution in [0, 0.1) is 0 Å². The van der Waals surface area contributed by atoms with E-state index >= 15 is 0 Å². The summed E-state index contributed by atoms with van der Waals surface area (Å²) < 4.78 is 5.57. The number of likely N-dealkylation sites (tertiary alicyclic amines) is 1. The van der Waals surface area contributed by atoms with Crippen molar-refractivity contribution in [1.82, 2.24) is 9.88 Å². The van der Waals surface area contributed by atoms with Gasteiger partial charge in [0.1, 0.15) is 12.4 Å². The highest BCUT2D eigenvalue weighted by molar-refractivity contribution is 6.31. The molecule has 82 valence electrons. The van der Waals surface area contributed by atoms with Crippen LogP contribution in [-0.2, 0) is 0 Å². The molecule has 1 fully saturated rings. The van der Waals surface area contributed by atoms with Gasteiger partial charge in [0.2, 0.25) is 0 Å². The molecule has 0 aromatic carbocycles. The van der Waals surface area contributed by atoms with E-state index in [1.165, 1.54) is 6.42 Å². The zero-order chi connectivity index (χ0) is 10.8. The molecule has 0 spiro atoms. The van der Waals surface area contributed by atoms with Gasteiger partial charge in [0.25, 0.3) is 0 Å². The van der Waals surface area contributed by atoms with Crippen LogP contribution in [0.3, 0.4) is 0 Å². The van der Waals surface area contributed by atoms with Crippen molar-refractivity contribution in [1.29, 1.82) is 0 Å². The van der Waals surface area contributed by atoms with Crippen molar-refractivity contribution >= 4 is 17.3 Å². The number of nitrogen functional groups attached to an aromatic ring is 1. The molecule has 1 aromatic rings. The van der Waals surface area contributed by atoms with Crippen LogP contribution in [0.25, 0.3) is 0 Å². The number of hydrogen-bond donors (Lipinski definition) is 1. The Morgan fingerprint density at radius 3 is 3.07 bits per heavy atom. The molecule has 2 rings (SSSR count). The number of anilines is 1. The van der Waals surface area contributed by atoms with Crippen molar-refractivity contribution in [2.75, 3.05) is 25.9 Å². The van der Waals surface area contributed by atoms with Gasteiger partial charge in [0, 0.05) is 12.1 Å². The van der Waals surface area contributed by atoms with E-state index in [1.807, 2.05) is 0 Å². The van der Waals surface area contributed by atoms with Crippen molar-refractivity contribution in [2.45, 2.75) is 12.5 Å². The summed E-state index contributed by atoms with van der Waals surface area (Å²) in [7, 11) is 2.09. The summed E-state index contributed by atoms with van der Waals surface area (Å²) in [5, 5.41) is 0.322. The Labute approximate surface area is 94.0 Å². The molecule has 0 amide bonds. The predicted octanol–water partition coefficient (Wildman–Crippen LogP) is 1.40. The van der Waals surface area contributed by atoms with Crippen LogP contribution >= 0.6 is 11.6 Å². The molecule has 1 saturated heterocycles. The molecule has 1 atom stereocenters. The molecule has 0 saturated carbocycles. The van der Waals surface area contributed by atoms with Gasteiger partial charge >= 0.3 is 0 Å². The van der Waals surface area contributed by atoms with Crippen molar-refractivity contribution in [2.24, 2.45) is 0 Å². The molecule has 5 heteroatoms. The van der Waals surface area contributed by atoms with Gasteiger partial charge in [-0.25, -0.2) is 4.98 Å². The second-order valence-electron chi connectivity index (χ2n) is 3.79. The standard InChI is InChI=1S/C10H14ClN3O/c1-14-3-2-7(14)6-15-8-4-9(12)10(11)13-5-8/h4-5,7H,2-3,6,12H2,1H3/t7-/m0/s1. The number of likely N-dealkylation sites (N-methyl/N-ethyl adjacent to an activating group) is 1. The fourth-order valence-corrected chi connectivity index (χ4v) is 1.60. The van der Waals surface area contributed by atoms with Crippen LogP contribution in [-0.4, -0.2) is 36.1 Å². The first kappa shape index (κ1) is 10.5. The number of nitrogens with two attached hydrogens (primary N) is 1. The van der Waals surface area contributed by atoms with Crippen LogP contribution in [0.2, 0.25) is 5.15 Å². The highest BCUT2D eigenvalue weighted by Gasteiger charge is 2.24. The third-order valence-electron chi connectivity index (χ3n) is 2.72. The van der Waals surface area contributed by atoms with Crippen LogP contribution in [0.5, 0.6) is 5.75 Å². The Bertz CT molecular complexity index is 359. The van der Waals surface area contributed by atoms with E-state index in [9.17, 15) is 0 Å².